The molecule has 0 amide bonds. The van der Waals surface area contributed by atoms with E-state index in [2.05, 4.69) is 51.2 Å². The smallest absolute Gasteiger partial charge is 0.191 e. The van der Waals surface area contributed by atoms with E-state index in [1.54, 1.807) is 0 Å². The van der Waals surface area contributed by atoms with Crippen LogP contribution in [0, 0.1) is 0 Å². The van der Waals surface area contributed by atoms with E-state index in [4.69, 9.17) is 0 Å². The largest absolute Gasteiger partial charge is 0.354 e. The molecule has 0 aliphatic heterocycles. The maximum Gasteiger partial charge on any atom is 0.191 e. The van der Waals surface area contributed by atoms with E-state index in [0.717, 1.165) is 24.6 Å². The highest BCUT2D eigenvalue weighted by molar-refractivity contribution is 5.79. The fourth-order valence-electron chi connectivity index (χ4n) is 3.00. The van der Waals surface area contributed by atoms with Crippen molar-refractivity contribution < 1.29 is 0 Å². The highest BCUT2D eigenvalue weighted by Gasteiger charge is 2.15. The van der Waals surface area contributed by atoms with Gasteiger partial charge in [-0.05, 0) is 18.4 Å². The fraction of sp³-hybridized carbons (Fsp3) is 0.444. The van der Waals surface area contributed by atoms with Crippen LogP contribution in [-0.4, -0.2) is 28.8 Å². The Hall–Kier alpha value is -2.30. The predicted octanol–water partition coefficient (Wildman–Crippen LogP) is 2.54. The van der Waals surface area contributed by atoms with Gasteiger partial charge in [-0.25, -0.2) is 0 Å². The second-order valence-electron chi connectivity index (χ2n) is 6.08. The molecule has 0 bridgehead atoms. The van der Waals surface area contributed by atoms with Crippen LogP contribution < -0.4 is 10.6 Å². The minimum absolute atomic E-state index is 0.571. The summed E-state index contributed by atoms with van der Waals surface area (Å²) >= 11 is 0. The van der Waals surface area contributed by atoms with Gasteiger partial charge in [0.15, 0.2) is 5.96 Å². The molecule has 3 rings (SSSR count). The summed E-state index contributed by atoms with van der Waals surface area (Å²) < 4.78 is 1.97. The molecule has 2 aromatic rings. The zero-order valence-corrected chi connectivity index (χ0v) is 13.7. The summed E-state index contributed by atoms with van der Waals surface area (Å²) in [5.41, 5.74) is 2.42. The molecule has 2 N–H and O–H groups in total. The lowest BCUT2D eigenvalue weighted by molar-refractivity contribution is 0.613. The molecule has 1 aromatic heterocycles. The molecule has 1 saturated carbocycles. The zero-order chi connectivity index (χ0) is 15.9. The van der Waals surface area contributed by atoms with Crippen molar-refractivity contribution in [1.82, 2.24) is 20.4 Å². The van der Waals surface area contributed by atoms with E-state index >= 15 is 0 Å². The lowest BCUT2D eigenvalue weighted by atomic mass is 10.2. The SMILES string of the molecule is CN=C(NCc1cnn(Cc2ccccc2)c1)NC1CCCC1. The molecular formula is C18H25N5. The van der Waals surface area contributed by atoms with Gasteiger partial charge in [0.25, 0.3) is 0 Å². The monoisotopic (exact) mass is 311 g/mol. The summed E-state index contributed by atoms with van der Waals surface area (Å²) in [5, 5.41) is 11.3. The van der Waals surface area contributed by atoms with Crippen LogP contribution in [0.15, 0.2) is 47.7 Å². The fourth-order valence-corrected chi connectivity index (χ4v) is 3.00. The molecule has 122 valence electrons. The van der Waals surface area contributed by atoms with Crippen LogP contribution in [0.2, 0.25) is 0 Å². The third kappa shape index (κ3) is 4.58. The summed E-state index contributed by atoms with van der Waals surface area (Å²) in [5.74, 6) is 0.882. The van der Waals surface area contributed by atoms with Gasteiger partial charge in [0, 0.05) is 31.4 Å². The summed E-state index contributed by atoms with van der Waals surface area (Å²) in [6.45, 7) is 1.54. The number of rotatable bonds is 5. The summed E-state index contributed by atoms with van der Waals surface area (Å²) in [7, 11) is 1.82. The first kappa shape index (κ1) is 15.6. The lowest BCUT2D eigenvalue weighted by Crippen LogP contribution is -2.41. The Morgan fingerprint density at radius 1 is 1.22 bits per heavy atom. The number of hydrogen-bond donors (Lipinski definition) is 2. The Balaban J connectivity index is 1.50. The van der Waals surface area contributed by atoms with Gasteiger partial charge in [0.2, 0.25) is 0 Å². The molecule has 1 aliphatic carbocycles. The molecule has 0 spiro atoms. The summed E-state index contributed by atoms with van der Waals surface area (Å²) in [6, 6.07) is 11.0. The van der Waals surface area contributed by atoms with Gasteiger partial charge >= 0.3 is 0 Å². The second-order valence-corrected chi connectivity index (χ2v) is 6.08. The van der Waals surface area contributed by atoms with Crippen LogP contribution in [0.3, 0.4) is 0 Å². The molecular weight excluding hydrogens is 286 g/mol. The summed E-state index contributed by atoms with van der Waals surface area (Å²) in [4.78, 5) is 4.31. The standard InChI is InChI=1S/C18H25N5/c1-19-18(22-17-9-5-6-10-17)20-11-16-12-21-23(14-16)13-15-7-3-2-4-8-15/h2-4,7-8,12,14,17H,5-6,9-11,13H2,1H3,(H2,19,20,22). The average molecular weight is 311 g/mol. The van der Waals surface area contributed by atoms with Gasteiger partial charge in [-0.1, -0.05) is 43.2 Å². The first-order valence-corrected chi connectivity index (χ1v) is 8.36. The second kappa shape index (κ2) is 7.81. The first-order valence-electron chi connectivity index (χ1n) is 8.36. The normalized spacial score (nSPS) is 15.8. The van der Waals surface area contributed by atoms with Crippen molar-refractivity contribution in [3.8, 4) is 0 Å². The van der Waals surface area contributed by atoms with Crippen molar-refractivity contribution >= 4 is 5.96 Å². The molecule has 5 nitrogen and oxygen atoms in total. The lowest BCUT2D eigenvalue weighted by Gasteiger charge is -2.16. The van der Waals surface area contributed by atoms with Crippen molar-refractivity contribution in [2.24, 2.45) is 4.99 Å². The minimum atomic E-state index is 0.571. The summed E-state index contributed by atoms with van der Waals surface area (Å²) in [6.07, 6.45) is 9.13. The topological polar surface area (TPSA) is 54.2 Å². The van der Waals surface area contributed by atoms with Gasteiger partial charge < -0.3 is 10.6 Å². The Labute approximate surface area is 137 Å². The van der Waals surface area contributed by atoms with Crippen molar-refractivity contribution in [2.75, 3.05) is 7.05 Å². The van der Waals surface area contributed by atoms with Gasteiger partial charge in [-0.3, -0.25) is 9.67 Å². The molecule has 23 heavy (non-hydrogen) atoms. The Morgan fingerprint density at radius 2 is 2.00 bits per heavy atom. The van der Waals surface area contributed by atoms with Crippen LogP contribution in [0.1, 0.15) is 36.8 Å². The first-order chi connectivity index (χ1) is 11.3. The van der Waals surface area contributed by atoms with Gasteiger partial charge in [0.05, 0.1) is 12.7 Å². The Bertz CT molecular complexity index is 626. The van der Waals surface area contributed by atoms with Crippen molar-refractivity contribution in [1.29, 1.82) is 0 Å². The number of benzene rings is 1. The number of nitrogens with one attached hydrogen (secondary N) is 2. The van der Waals surface area contributed by atoms with Crippen molar-refractivity contribution in [3.63, 3.8) is 0 Å². The van der Waals surface area contributed by atoms with E-state index in [-0.39, 0.29) is 0 Å². The highest BCUT2D eigenvalue weighted by atomic mass is 15.3. The minimum Gasteiger partial charge on any atom is -0.354 e. The maximum atomic E-state index is 4.43. The van der Waals surface area contributed by atoms with Crippen LogP contribution >= 0.6 is 0 Å². The molecule has 1 fully saturated rings. The molecule has 0 saturated heterocycles. The van der Waals surface area contributed by atoms with Crippen LogP contribution in [0.4, 0.5) is 0 Å². The molecule has 1 aromatic carbocycles. The predicted molar refractivity (Wildman–Crippen MR) is 93.4 cm³/mol. The van der Waals surface area contributed by atoms with E-state index in [9.17, 15) is 0 Å². The van der Waals surface area contributed by atoms with Crippen LogP contribution in [0.5, 0.6) is 0 Å². The highest BCUT2D eigenvalue weighted by Crippen LogP contribution is 2.17. The molecule has 5 heteroatoms. The molecule has 0 atom stereocenters. The van der Waals surface area contributed by atoms with Crippen LogP contribution in [0.25, 0.3) is 0 Å². The zero-order valence-electron chi connectivity index (χ0n) is 13.7. The van der Waals surface area contributed by atoms with Crippen LogP contribution in [-0.2, 0) is 13.1 Å². The molecule has 0 radical (unpaired) electrons. The number of guanidine groups is 1. The number of aromatic nitrogens is 2. The number of hydrogen-bond acceptors (Lipinski definition) is 2. The third-order valence-corrected chi connectivity index (χ3v) is 4.25. The van der Waals surface area contributed by atoms with Crippen molar-refractivity contribution in [3.05, 3.63) is 53.9 Å². The van der Waals surface area contributed by atoms with Crippen molar-refractivity contribution in [2.45, 2.75) is 44.8 Å². The Kier molecular flexibility index (Phi) is 5.29. The molecule has 1 heterocycles. The van der Waals surface area contributed by atoms with E-state index < -0.39 is 0 Å². The molecule has 0 unspecified atom stereocenters. The van der Waals surface area contributed by atoms with E-state index in [0.29, 0.717) is 6.04 Å². The molecule has 1 aliphatic rings. The number of nitrogens with zero attached hydrogens (tertiary/aromatic N) is 3. The van der Waals surface area contributed by atoms with E-state index in [1.165, 1.54) is 31.2 Å². The Morgan fingerprint density at radius 3 is 2.74 bits per heavy atom. The quantitative estimate of drug-likeness (QED) is 0.659. The van der Waals surface area contributed by atoms with Gasteiger partial charge in [-0.15, -0.1) is 0 Å². The average Bonchev–Trinajstić information content (AvgIpc) is 3.24. The van der Waals surface area contributed by atoms with E-state index in [1.807, 2.05) is 24.0 Å². The van der Waals surface area contributed by atoms with Gasteiger partial charge in [-0.2, -0.15) is 5.10 Å². The maximum absolute atomic E-state index is 4.43. The number of aliphatic imine (C=N–C) groups is 1. The van der Waals surface area contributed by atoms with Gasteiger partial charge in [0.1, 0.15) is 0 Å². The third-order valence-electron chi connectivity index (χ3n) is 4.25.